The minimum absolute atomic E-state index is 0.717. The van der Waals surface area contributed by atoms with Crippen molar-refractivity contribution in [1.82, 2.24) is 15.0 Å². The van der Waals surface area contributed by atoms with Crippen molar-refractivity contribution in [2.45, 2.75) is 9.92 Å². The van der Waals surface area contributed by atoms with E-state index in [1.165, 1.54) is 0 Å². The predicted molar refractivity (Wildman–Crippen MR) is 72.3 cm³/mol. The SMILES string of the molecule is Nc1ccc2ncnc(Sc3ccncc3)c2c1. The first kappa shape index (κ1) is 11.0. The molecule has 0 aliphatic carbocycles. The van der Waals surface area contributed by atoms with Gasteiger partial charge in [-0.15, -0.1) is 0 Å². The summed E-state index contributed by atoms with van der Waals surface area (Å²) >= 11 is 1.58. The van der Waals surface area contributed by atoms with Gasteiger partial charge in [0, 0.05) is 28.4 Å². The maximum Gasteiger partial charge on any atom is 0.117 e. The quantitative estimate of drug-likeness (QED) is 0.562. The first-order chi connectivity index (χ1) is 8.83. The minimum Gasteiger partial charge on any atom is -0.399 e. The fourth-order valence-electron chi connectivity index (χ4n) is 1.65. The monoisotopic (exact) mass is 254 g/mol. The summed E-state index contributed by atoms with van der Waals surface area (Å²) < 4.78 is 0. The zero-order valence-electron chi connectivity index (χ0n) is 9.45. The van der Waals surface area contributed by atoms with E-state index in [4.69, 9.17) is 5.73 Å². The summed E-state index contributed by atoms with van der Waals surface area (Å²) in [5.41, 5.74) is 7.43. The van der Waals surface area contributed by atoms with Gasteiger partial charge in [0.15, 0.2) is 0 Å². The summed E-state index contributed by atoms with van der Waals surface area (Å²) in [5, 5.41) is 1.87. The van der Waals surface area contributed by atoms with Crippen LogP contribution in [0.2, 0.25) is 0 Å². The summed E-state index contributed by atoms with van der Waals surface area (Å²) in [5.74, 6) is 0. The largest absolute Gasteiger partial charge is 0.399 e. The second-order valence-corrected chi connectivity index (χ2v) is 4.80. The first-order valence-corrected chi connectivity index (χ1v) is 6.23. The van der Waals surface area contributed by atoms with Gasteiger partial charge in [0.25, 0.3) is 0 Å². The van der Waals surface area contributed by atoms with E-state index in [9.17, 15) is 0 Å². The molecule has 88 valence electrons. The summed E-state index contributed by atoms with van der Waals surface area (Å²) in [6, 6.07) is 9.55. The minimum atomic E-state index is 0.717. The molecule has 0 amide bonds. The summed E-state index contributed by atoms with van der Waals surface area (Å²) in [4.78, 5) is 13.6. The molecule has 2 aromatic heterocycles. The molecule has 3 rings (SSSR count). The fraction of sp³-hybridized carbons (Fsp3) is 0. The number of hydrogen-bond acceptors (Lipinski definition) is 5. The second kappa shape index (κ2) is 4.62. The highest BCUT2D eigenvalue weighted by Gasteiger charge is 2.05. The highest BCUT2D eigenvalue weighted by Crippen LogP contribution is 2.31. The maximum atomic E-state index is 5.81. The van der Waals surface area contributed by atoms with E-state index >= 15 is 0 Å². The van der Waals surface area contributed by atoms with Gasteiger partial charge in [-0.2, -0.15) is 0 Å². The van der Waals surface area contributed by atoms with Crippen molar-refractivity contribution >= 4 is 28.4 Å². The van der Waals surface area contributed by atoms with Crippen LogP contribution >= 0.6 is 11.8 Å². The number of aromatic nitrogens is 3. The number of anilines is 1. The fourth-order valence-corrected chi connectivity index (χ4v) is 2.50. The van der Waals surface area contributed by atoms with E-state index < -0.39 is 0 Å². The Morgan fingerprint density at radius 3 is 2.67 bits per heavy atom. The van der Waals surface area contributed by atoms with Gasteiger partial charge in [-0.3, -0.25) is 4.98 Å². The van der Waals surface area contributed by atoms with Crippen LogP contribution in [0.4, 0.5) is 5.69 Å². The van der Waals surface area contributed by atoms with Gasteiger partial charge < -0.3 is 5.73 Å². The molecular formula is C13H10N4S. The Morgan fingerprint density at radius 2 is 1.83 bits per heavy atom. The molecule has 0 aliphatic heterocycles. The van der Waals surface area contributed by atoms with Gasteiger partial charge in [-0.25, -0.2) is 9.97 Å². The Hall–Kier alpha value is -2.14. The molecule has 18 heavy (non-hydrogen) atoms. The van der Waals surface area contributed by atoms with Crippen molar-refractivity contribution in [2.24, 2.45) is 0 Å². The molecule has 0 aliphatic rings. The Labute approximate surface area is 108 Å². The van der Waals surface area contributed by atoms with Crippen LogP contribution in [-0.4, -0.2) is 15.0 Å². The molecule has 5 heteroatoms. The lowest BCUT2D eigenvalue weighted by Crippen LogP contribution is -1.90. The van der Waals surface area contributed by atoms with E-state index in [1.807, 2.05) is 30.3 Å². The van der Waals surface area contributed by atoms with Crippen molar-refractivity contribution in [3.63, 3.8) is 0 Å². The van der Waals surface area contributed by atoms with Gasteiger partial charge in [-0.05, 0) is 30.3 Å². The van der Waals surface area contributed by atoms with Crippen LogP contribution in [0.15, 0.2) is 59.0 Å². The Balaban J connectivity index is 2.09. The summed E-state index contributed by atoms with van der Waals surface area (Å²) in [6.07, 6.45) is 5.10. The molecule has 0 unspecified atom stereocenters. The lowest BCUT2D eigenvalue weighted by atomic mass is 10.2. The standard InChI is InChI=1S/C13H10N4S/c14-9-1-2-12-11(7-9)13(17-8-16-12)18-10-3-5-15-6-4-10/h1-8H,14H2. The lowest BCUT2D eigenvalue weighted by Gasteiger charge is -2.05. The van der Waals surface area contributed by atoms with E-state index in [-0.39, 0.29) is 0 Å². The number of nitrogens with two attached hydrogens (primary N) is 1. The molecule has 2 N–H and O–H groups in total. The molecule has 0 fully saturated rings. The molecule has 0 atom stereocenters. The number of nitrogen functional groups attached to an aromatic ring is 1. The highest BCUT2D eigenvalue weighted by atomic mass is 32.2. The van der Waals surface area contributed by atoms with Crippen LogP contribution in [0, 0.1) is 0 Å². The van der Waals surface area contributed by atoms with Crippen LogP contribution in [0.1, 0.15) is 0 Å². The van der Waals surface area contributed by atoms with E-state index in [2.05, 4.69) is 15.0 Å². The van der Waals surface area contributed by atoms with Crippen molar-refractivity contribution in [2.75, 3.05) is 5.73 Å². The maximum absolute atomic E-state index is 5.81. The molecular weight excluding hydrogens is 244 g/mol. The normalized spacial score (nSPS) is 10.7. The molecule has 0 saturated carbocycles. The molecule has 0 bridgehead atoms. The third kappa shape index (κ3) is 2.12. The number of rotatable bonds is 2. The predicted octanol–water partition coefficient (Wildman–Crippen LogP) is 2.76. The van der Waals surface area contributed by atoms with E-state index in [0.29, 0.717) is 5.69 Å². The third-order valence-corrected chi connectivity index (χ3v) is 3.51. The molecule has 0 spiro atoms. The van der Waals surface area contributed by atoms with E-state index in [0.717, 1.165) is 20.8 Å². The highest BCUT2D eigenvalue weighted by molar-refractivity contribution is 7.99. The topological polar surface area (TPSA) is 64.7 Å². The Morgan fingerprint density at radius 1 is 1.00 bits per heavy atom. The molecule has 0 radical (unpaired) electrons. The van der Waals surface area contributed by atoms with Gasteiger partial charge in [0.05, 0.1) is 5.52 Å². The Bertz CT molecular complexity index is 685. The first-order valence-electron chi connectivity index (χ1n) is 5.41. The molecule has 2 heterocycles. The number of fused-ring (bicyclic) bond motifs is 1. The molecule has 0 saturated heterocycles. The zero-order chi connectivity index (χ0) is 12.4. The number of pyridine rings is 1. The average molecular weight is 254 g/mol. The Kier molecular flexibility index (Phi) is 2.82. The van der Waals surface area contributed by atoms with Crippen LogP contribution in [-0.2, 0) is 0 Å². The molecule has 1 aromatic carbocycles. The van der Waals surface area contributed by atoms with Crippen molar-refractivity contribution < 1.29 is 0 Å². The van der Waals surface area contributed by atoms with Crippen molar-refractivity contribution in [1.29, 1.82) is 0 Å². The van der Waals surface area contributed by atoms with Crippen molar-refractivity contribution in [3.8, 4) is 0 Å². The van der Waals surface area contributed by atoms with Gasteiger partial charge in [0.2, 0.25) is 0 Å². The van der Waals surface area contributed by atoms with Gasteiger partial charge in [-0.1, -0.05) is 11.8 Å². The molecule has 4 nitrogen and oxygen atoms in total. The average Bonchev–Trinajstić information content (AvgIpc) is 2.41. The number of nitrogens with zero attached hydrogens (tertiary/aromatic N) is 3. The van der Waals surface area contributed by atoms with Crippen molar-refractivity contribution in [3.05, 3.63) is 49.1 Å². The zero-order valence-corrected chi connectivity index (χ0v) is 10.3. The summed E-state index contributed by atoms with van der Waals surface area (Å²) in [7, 11) is 0. The second-order valence-electron chi connectivity index (χ2n) is 3.74. The van der Waals surface area contributed by atoms with Gasteiger partial charge in [0.1, 0.15) is 11.4 Å². The van der Waals surface area contributed by atoms with E-state index in [1.54, 1.807) is 30.5 Å². The number of hydrogen-bond donors (Lipinski definition) is 1. The lowest BCUT2D eigenvalue weighted by molar-refractivity contribution is 1.10. The number of benzene rings is 1. The van der Waals surface area contributed by atoms with Crippen LogP contribution in [0.3, 0.4) is 0 Å². The smallest absolute Gasteiger partial charge is 0.117 e. The van der Waals surface area contributed by atoms with Crippen LogP contribution < -0.4 is 5.73 Å². The van der Waals surface area contributed by atoms with Crippen LogP contribution in [0.25, 0.3) is 10.9 Å². The molecule has 3 aromatic rings. The third-order valence-electron chi connectivity index (χ3n) is 2.49. The summed E-state index contributed by atoms with van der Waals surface area (Å²) in [6.45, 7) is 0. The van der Waals surface area contributed by atoms with Crippen LogP contribution in [0.5, 0.6) is 0 Å². The van der Waals surface area contributed by atoms with Gasteiger partial charge >= 0.3 is 0 Å².